The number of Topliss-reactive ketones (excluding diaryl/α,β-unsaturated/α-hetero) is 1. The first kappa shape index (κ1) is 29.9. The Hall–Kier alpha value is -3.82. The fourth-order valence-electron chi connectivity index (χ4n) is 14.0. The molecule has 12 unspecified atom stereocenters. The minimum Gasteiger partial charge on any atom is -0.496 e. The predicted octanol–water partition coefficient (Wildman–Crippen LogP) is 4.27. The maximum absolute atomic E-state index is 14.9. The van der Waals surface area contributed by atoms with E-state index in [1.54, 1.807) is 13.2 Å². The lowest BCUT2D eigenvalue weighted by Crippen LogP contribution is -2.68. The molecule has 3 aliphatic carbocycles. The zero-order valence-corrected chi connectivity index (χ0v) is 29.5. The molecule has 12 atom stereocenters. The highest BCUT2D eigenvalue weighted by Gasteiger charge is 2.76. The smallest absolute Gasteiger partial charge is 0.310 e. The number of carbonyl (C=O) groups excluding carboxylic acids is 3. The Bertz CT molecular complexity index is 2040. The second-order valence-corrected chi connectivity index (χ2v) is 16.7. The fourth-order valence-corrected chi connectivity index (χ4v) is 14.0. The Balaban J connectivity index is 1.06. The molecule has 9 bridgehead atoms. The van der Waals surface area contributed by atoms with Crippen LogP contribution in [-0.4, -0.2) is 97.7 Å². The standard InChI is InChI=1S/C41H44N4O5/c1-6-20-18-44-11-10-40-26-15-32(46)24(13-28(26)42-41(40,44)9-8-22(20)35(40)38(48)50-5)25-12-27-29(16-33(25)49-4)43(3)36-30-14-23-21(7-2)19-45(30)31-17-39(27,36)37(47)34(23)31/h6-7,12-13,15-16,22-23,30-31,34-36H,8-11,14,17-19H2,1-5H3. The van der Waals surface area contributed by atoms with E-state index in [1.165, 1.54) is 18.3 Å². The largest absolute Gasteiger partial charge is 0.496 e. The molecule has 12 aliphatic rings. The number of ether oxygens (including phenoxy) is 2. The number of ketones is 2. The van der Waals surface area contributed by atoms with Crippen LogP contribution >= 0.6 is 0 Å². The van der Waals surface area contributed by atoms with E-state index in [4.69, 9.17) is 14.5 Å². The van der Waals surface area contributed by atoms with Gasteiger partial charge in [0.2, 0.25) is 0 Å². The number of nitrogens with zero attached hydrogens (tertiary/aromatic N) is 4. The van der Waals surface area contributed by atoms with Crippen LogP contribution in [0.25, 0.3) is 5.57 Å². The van der Waals surface area contributed by atoms with E-state index >= 15 is 0 Å². The van der Waals surface area contributed by atoms with Gasteiger partial charge in [0.15, 0.2) is 11.6 Å². The molecule has 13 rings (SSSR count). The third-order valence-corrected chi connectivity index (χ3v) is 15.7. The Kier molecular flexibility index (Phi) is 5.58. The second-order valence-electron chi connectivity index (χ2n) is 16.7. The molecule has 7 saturated heterocycles. The molecule has 0 amide bonds. The molecule has 258 valence electrons. The minimum atomic E-state index is -0.606. The van der Waals surface area contributed by atoms with Gasteiger partial charge in [0.1, 0.15) is 11.4 Å². The molecule has 9 heteroatoms. The molecule has 0 radical (unpaired) electrons. The number of anilines is 1. The average molecular weight is 673 g/mol. The van der Waals surface area contributed by atoms with Crippen molar-refractivity contribution < 1.29 is 23.9 Å². The molecule has 50 heavy (non-hydrogen) atoms. The van der Waals surface area contributed by atoms with Crippen molar-refractivity contribution >= 4 is 34.5 Å². The summed E-state index contributed by atoms with van der Waals surface area (Å²) in [6.45, 7) is 6.77. The zero-order valence-electron chi connectivity index (χ0n) is 29.5. The summed E-state index contributed by atoms with van der Waals surface area (Å²) in [7, 11) is 5.30. The van der Waals surface area contributed by atoms with Crippen LogP contribution in [0.15, 0.2) is 58.1 Å². The number of hydrogen-bond acceptors (Lipinski definition) is 9. The average Bonchev–Trinajstić information content (AvgIpc) is 3.70. The summed E-state index contributed by atoms with van der Waals surface area (Å²) in [6.07, 6.45) is 12.5. The van der Waals surface area contributed by atoms with Gasteiger partial charge in [-0.3, -0.25) is 29.2 Å². The molecule has 0 aromatic heterocycles. The molecular formula is C41H44N4O5. The van der Waals surface area contributed by atoms with Crippen LogP contribution in [0, 0.1) is 29.1 Å². The lowest BCUT2D eigenvalue weighted by molar-refractivity contribution is -0.156. The number of rotatable bonds is 3. The minimum absolute atomic E-state index is 0.0346. The normalized spacial score (nSPS) is 46.5. The number of likely N-dealkylation sites (N-methyl/N-ethyl adjacent to an activating group) is 1. The highest BCUT2D eigenvalue weighted by Crippen LogP contribution is 2.70. The fraction of sp³-hybridized carbons (Fsp3) is 0.561. The molecule has 9 aliphatic heterocycles. The lowest BCUT2D eigenvalue weighted by atomic mass is 9.53. The van der Waals surface area contributed by atoms with Gasteiger partial charge in [-0.25, -0.2) is 0 Å². The third-order valence-electron chi connectivity index (χ3n) is 15.7. The monoisotopic (exact) mass is 672 g/mol. The van der Waals surface area contributed by atoms with Crippen LogP contribution in [0.4, 0.5) is 5.69 Å². The maximum Gasteiger partial charge on any atom is 0.310 e. The number of fused-ring (bicyclic) bond motifs is 5. The highest BCUT2D eigenvalue weighted by molar-refractivity contribution is 6.37. The van der Waals surface area contributed by atoms with Gasteiger partial charge in [-0.15, -0.1) is 0 Å². The van der Waals surface area contributed by atoms with E-state index in [0.29, 0.717) is 29.1 Å². The number of aliphatic imine (C=N–C) groups is 1. The third kappa shape index (κ3) is 2.95. The van der Waals surface area contributed by atoms with Crippen LogP contribution < -0.4 is 9.64 Å². The van der Waals surface area contributed by atoms with Gasteiger partial charge >= 0.3 is 5.97 Å². The van der Waals surface area contributed by atoms with Gasteiger partial charge in [0.05, 0.1) is 42.7 Å². The van der Waals surface area contributed by atoms with Gasteiger partial charge in [0.25, 0.3) is 0 Å². The highest BCUT2D eigenvalue weighted by atomic mass is 16.5. The van der Waals surface area contributed by atoms with Crippen LogP contribution in [-0.2, 0) is 24.5 Å². The van der Waals surface area contributed by atoms with Gasteiger partial charge in [-0.1, -0.05) is 23.3 Å². The van der Waals surface area contributed by atoms with Crippen LogP contribution in [0.1, 0.15) is 57.1 Å². The number of esters is 1. The molecule has 1 aromatic rings. The number of carbonyl (C=O) groups is 3. The molecule has 0 N–H and O–H groups in total. The molecule has 2 saturated carbocycles. The van der Waals surface area contributed by atoms with Crippen molar-refractivity contribution in [3.05, 3.63) is 64.3 Å². The zero-order chi connectivity index (χ0) is 34.2. The summed E-state index contributed by atoms with van der Waals surface area (Å²) >= 11 is 0. The van der Waals surface area contributed by atoms with E-state index in [9.17, 15) is 14.4 Å². The Labute approximate surface area is 292 Å². The first-order chi connectivity index (χ1) is 24.2. The summed E-state index contributed by atoms with van der Waals surface area (Å²) < 4.78 is 11.6. The van der Waals surface area contributed by atoms with Gasteiger partial charge in [0, 0.05) is 67.6 Å². The Morgan fingerprint density at radius 1 is 1.02 bits per heavy atom. The van der Waals surface area contributed by atoms with Crippen molar-refractivity contribution in [2.75, 3.05) is 45.8 Å². The van der Waals surface area contributed by atoms with Crippen molar-refractivity contribution in [3.63, 3.8) is 0 Å². The van der Waals surface area contributed by atoms with Crippen molar-refractivity contribution in [1.29, 1.82) is 0 Å². The quantitative estimate of drug-likeness (QED) is 0.267. The first-order valence-electron chi connectivity index (χ1n) is 18.7. The van der Waals surface area contributed by atoms with Crippen LogP contribution in [0.2, 0.25) is 0 Å². The van der Waals surface area contributed by atoms with Crippen LogP contribution in [0.3, 0.4) is 0 Å². The number of piperidine rings is 4. The summed E-state index contributed by atoms with van der Waals surface area (Å²) in [5.41, 5.74) is 6.00. The van der Waals surface area contributed by atoms with Gasteiger partial charge < -0.3 is 14.4 Å². The molecule has 9 nitrogen and oxygen atoms in total. The Morgan fingerprint density at radius 2 is 1.82 bits per heavy atom. The second kappa shape index (κ2) is 9.34. The number of allylic oxidation sites excluding steroid dienone is 5. The van der Waals surface area contributed by atoms with E-state index in [1.807, 2.05) is 6.08 Å². The maximum atomic E-state index is 14.9. The van der Waals surface area contributed by atoms with E-state index in [0.717, 1.165) is 79.8 Å². The van der Waals surface area contributed by atoms with Crippen LogP contribution in [0.5, 0.6) is 5.75 Å². The molecule has 1 aromatic carbocycles. The van der Waals surface area contributed by atoms with E-state index in [-0.39, 0.29) is 35.7 Å². The lowest BCUT2D eigenvalue weighted by Gasteiger charge is -2.58. The summed E-state index contributed by atoms with van der Waals surface area (Å²) in [5.74, 6) is 0.767. The van der Waals surface area contributed by atoms with E-state index < -0.39 is 22.4 Å². The summed E-state index contributed by atoms with van der Waals surface area (Å²) in [6, 6.07) is 4.88. The summed E-state index contributed by atoms with van der Waals surface area (Å²) in [4.78, 5) is 56.3. The summed E-state index contributed by atoms with van der Waals surface area (Å²) in [5, 5.41) is 0. The molecule has 2 spiro atoms. The van der Waals surface area contributed by atoms with Crippen molar-refractivity contribution in [3.8, 4) is 5.75 Å². The van der Waals surface area contributed by atoms with Crippen molar-refractivity contribution in [1.82, 2.24) is 9.80 Å². The topological polar surface area (TPSA) is 91.8 Å². The van der Waals surface area contributed by atoms with Gasteiger partial charge in [-0.05, 0) is 87.1 Å². The predicted molar refractivity (Wildman–Crippen MR) is 188 cm³/mol. The molecule has 9 fully saturated rings. The molecule has 9 heterocycles. The van der Waals surface area contributed by atoms with E-state index in [2.05, 4.69) is 59.9 Å². The van der Waals surface area contributed by atoms with Gasteiger partial charge in [-0.2, -0.15) is 0 Å². The number of benzene rings is 1. The van der Waals surface area contributed by atoms with Crippen molar-refractivity contribution in [2.24, 2.45) is 34.1 Å². The first-order valence-corrected chi connectivity index (χ1v) is 18.7. The molecular weight excluding hydrogens is 628 g/mol. The number of hydrogen-bond donors (Lipinski definition) is 0. The Morgan fingerprint density at radius 3 is 2.58 bits per heavy atom. The SMILES string of the molecule is CC=C1CN2C3CC45C(=O)C3C1CC2C4N(C)c1cc(OC)c(C2=CC3=NC46CCC7C(=CC)CN4CCC6(C3=CC2=O)C7C(=O)OC)cc15. The van der Waals surface area contributed by atoms with Crippen molar-refractivity contribution in [2.45, 2.75) is 75.2 Å². The number of methoxy groups -OCH3 is 2.